The van der Waals surface area contributed by atoms with Gasteiger partial charge in [0.25, 0.3) is 0 Å². The quantitative estimate of drug-likeness (QED) is 0.572. The zero-order chi connectivity index (χ0) is 8.27. The summed E-state index contributed by atoms with van der Waals surface area (Å²) in [5.41, 5.74) is 1.40. The number of aromatic amines is 1. The molecular weight excluding hydrogens is 158 g/mol. The van der Waals surface area contributed by atoms with Crippen LogP contribution in [0.4, 0.5) is 0 Å². The molecule has 0 aromatic carbocycles. The lowest BCUT2D eigenvalue weighted by Gasteiger charge is -1.96. The second-order valence-electron chi connectivity index (χ2n) is 2.20. The first-order valence-corrected chi connectivity index (χ1v) is 3.31. The molecular formula is C8H11NO3. The number of rotatable bonds is 1. The summed E-state index contributed by atoms with van der Waals surface area (Å²) < 4.78 is 4.56. The van der Waals surface area contributed by atoms with Crippen molar-refractivity contribution in [1.82, 2.24) is 0 Å². The molecule has 0 aliphatic heterocycles. The number of methoxy groups -OCH3 is 1. The van der Waals surface area contributed by atoms with Gasteiger partial charge in [0.05, 0.1) is 7.11 Å². The van der Waals surface area contributed by atoms with E-state index in [4.69, 9.17) is 0 Å². The van der Waals surface area contributed by atoms with Crippen LogP contribution in [0.15, 0.2) is 18.3 Å². The Hall–Kier alpha value is -1.42. The van der Waals surface area contributed by atoms with Crippen molar-refractivity contribution >= 4 is 5.97 Å². The first kappa shape index (κ1) is 10.6. The van der Waals surface area contributed by atoms with E-state index in [1.54, 1.807) is 18.3 Å². The van der Waals surface area contributed by atoms with Gasteiger partial charge in [0.2, 0.25) is 0 Å². The van der Waals surface area contributed by atoms with Crippen LogP contribution >= 0.6 is 0 Å². The standard InChI is InChI=1S/C8H9NO2.H2O/c1-6-7(8(10)11-2)4-3-5-9-6;/h3-5H,1-2H3;1H2. The van der Waals surface area contributed by atoms with Gasteiger partial charge >= 0.3 is 5.97 Å². The van der Waals surface area contributed by atoms with E-state index < -0.39 is 0 Å². The highest BCUT2D eigenvalue weighted by Gasteiger charge is 2.11. The smallest absolute Gasteiger partial charge is 0.344 e. The summed E-state index contributed by atoms with van der Waals surface area (Å²) in [6, 6.07) is 3.48. The van der Waals surface area contributed by atoms with E-state index in [0.717, 1.165) is 5.69 Å². The van der Waals surface area contributed by atoms with Crippen LogP contribution in [0.2, 0.25) is 0 Å². The van der Waals surface area contributed by atoms with Gasteiger partial charge in [-0.05, 0) is 6.07 Å². The SMILES string of the molecule is COC(=O)c1ccc[nH+]c1C.[OH-]. The highest BCUT2D eigenvalue weighted by molar-refractivity contribution is 5.89. The largest absolute Gasteiger partial charge is 0.870 e. The minimum atomic E-state index is -0.306. The summed E-state index contributed by atoms with van der Waals surface area (Å²) in [5, 5.41) is 0. The van der Waals surface area contributed by atoms with E-state index in [2.05, 4.69) is 9.72 Å². The van der Waals surface area contributed by atoms with E-state index in [1.807, 2.05) is 6.92 Å². The van der Waals surface area contributed by atoms with Gasteiger partial charge in [-0.2, -0.15) is 0 Å². The number of H-pyrrole nitrogens is 1. The van der Waals surface area contributed by atoms with Crippen molar-refractivity contribution in [1.29, 1.82) is 0 Å². The van der Waals surface area contributed by atoms with Crippen molar-refractivity contribution in [2.75, 3.05) is 7.11 Å². The van der Waals surface area contributed by atoms with Crippen LogP contribution in [-0.2, 0) is 4.74 Å². The Labute approximate surface area is 70.5 Å². The molecule has 0 amide bonds. The number of esters is 1. The average Bonchev–Trinajstić information content (AvgIpc) is 2.04. The van der Waals surface area contributed by atoms with Crippen LogP contribution in [0.5, 0.6) is 0 Å². The van der Waals surface area contributed by atoms with E-state index in [-0.39, 0.29) is 11.4 Å². The lowest BCUT2D eigenvalue weighted by atomic mass is 10.2. The molecule has 1 aromatic rings. The third-order valence-corrected chi connectivity index (χ3v) is 1.47. The zero-order valence-corrected chi connectivity index (χ0v) is 7.00. The Morgan fingerprint density at radius 3 is 2.75 bits per heavy atom. The predicted octanol–water partition coefficient (Wildman–Crippen LogP) is 0.419. The summed E-state index contributed by atoms with van der Waals surface area (Å²) >= 11 is 0. The molecule has 4 heteroatoms. The van der Waals surface area contributed by atoms with E-state index >= 15 is 0 Å². The molecule has 66 valence electrons. The van der Waals surface area contributed by atoms with Crippen LogP contribution in [0, 0.1) is 6.92 Å². The third kappa shape index (κ3) is 2.03. The van der Waals surface area contributed by atoms with E-state index in [1.165, 1.54) is 7.11 Å². The second kappa shape index (κ2) is 4.46. The van der Waals surface area contributed by atoms with Gasteiger partial charge in [-0.1, -0.05) is 0 Å². The van der Waals surface area contributed by atoms with Crippen LogP contribution in [0.1, 0.15) is 16.1 Å². The molecule has 1 aromatic heterocycles. The number of ether oxygens (including phenoxy) is 1. The van der Waals surface area contributed by atoms with Crippen LogP contribution in [0.25, 0.3) is 0 Å². The molecule has 0 aliphatic rings. The number of hydrogen-bond acceptors (Lipinski definition) is 3. The second-order valence-corrected chi connectivity index (χ2v) is 2.20. The maximum absolute atomic E-state index is 11.0. The molecule has 0 saturated carbocycles. The summed E-state index contributed by atoms with van der Waals surface area (Å²) in [4.78, 5) is 13.9. The number of carbonyl (C=O) groups is 1. The zero-order valence-electron chi connectivity index (χ0n) is 7.00. The van der Waals surface area contributed by atoms with Gasteiger partial charge in [0.1, 0.15) is 5.56 Å². The predicted molar refractivity (Wildman–Crippen MR) is 41.0 cm³/mol. The number of carbonyl (C=O) groups excluding carboxylic acids is 1. The van der Waals surface area contributed by atoms with Crippen molar-refractivity contribution in [2.24, 2.45) is 0 Å². The van der Waals surface area contributed by atoms with Crippen LogP contribution < -0.4 is 4.98 Å². The molecule has 0 atom stereocenters. The number of aryl methyl sites for hydroxylation is 1. The molecule has 12 heavy (non-hydrogen) atoms. The summed E-state index contributed by atoms with van der Waals surface area (Å²) in [6.45, 7) is 1.83. The Morgan fingerprint density at radius 2 is 2.25 bits per heavy atom. The number of hydrogen-bond donors (Lipinski definition) is 0. The first-order valence-electron chi connectivity index (χ1n) is 3.31. The lowest BCUT2D eigenvalue weighted by Crippen LogP contribution is -2.13. The van der Waals surface area contributed by atoms with Crippen LogP contribution in [-0.4, -0.2) is 18.6 Å². The third-order valence-electron chi connectivity index (χ3n) is 1.47. The maximum Gasteiger partial charge on any atom is 0.344 e. The molecule has 0 spiro atoms. The van der Waals surface area contributed by atoms with Gasteiger partial charge in [-0.3, -0.25) is 0 Å². The normalized spacial score (nSPS) is 8.50. The van der Waals surface area contributed by atoms with Crippen molar-refractivity contribution in [3.05, 3.63) is 29.6 Å². The van der Waals surface area contributed by atoms with Gasteiger partial charge in [0.15, 0.2) is 11.9 Å². The molecule has 2 N–H and O–H groups in total. The molecule has 0 fully saturated rings. The molecule has 1 rings (SSSR count). The molecule has 0 radical (unpaired) electrons. The van der Waals surface area contributed by atoms with Crippen molar-refractivity contribution in [3.8, 4) is 0 Å². The van der Waals surface area contributed by atoms with Gasteiger partial charge in [-0.25, -0.2) is 9.78 Å². The first-order chi connectivity index (χ1) is 5.25. The van der Waals surface area contributed by atoms with Gasteiger partial charge in [-0.15, -0.1) is 0 Å². The molecule has 0 aliphatic carbocycles. The van der Waals surface area contributed by atoms with Gasteiger partial charge in [0, 0.05) is 13.0 Å². The number of nitrogens with one attached hydrogen (secondary N) is 1. The maximum atomic E-state index is 11.0. The topological polar surface area (TPSA) is 70.4 Å². The fraction of sp³-hybridized carbons (Fsp3) is 0.250. The highest BCUT2D eigenvalue weighted by Crippen LogP contribution is 2.01. The summed E-state index contributed by atoms with van der Waals surface area (Å²) in [6.07, 6.45) is 1.77. The molecule has 4 nitrogen and oxygen atoms in total. The van der Waals surface area contributed by atoms with Gasteiger partial charge < -0.3 is 10.2 Å². The molecule has 0 unspecified atom stereocenters. The molecule has 1 heterocycles. The summed E-state index contributed by atoms with van der Waals surface area (Å²) in [5.74, 6) is -0.306. The van der Waals surface area contributed by atoms with Crippen molar-refractivity contribution in [3.63, 3.8) is 0 Å². The fourth-order valence-corrected chi connectivity index (χ4v) is 0.851. The molecule has 0 bridgehead atoms. The number of aromatic nitrogens is 1. The van der Waals surface area contributed by atoms with Crippen LogP contribution in [0.3, 0.4) is 0 Å². The Balaban J connectivity index is 0.00000121. The Morgan fingerprint density at radius 1 is 1.58 bits per heavy atom. The van der Waals surface area contributed by atoms with Crippen molar-refractivity contribution in [2.45, 2.75) is 6.92 Å². The number of pyridine rings is 1. The molecule has 0 saturated heterocycles. The average molecular weight is 169 g/mol. The lowest BCUT2D eigenvalue weighted by molar-refractivity contribution is -0.387. The summed E-state index contributed by atoms with van der Waals surface area (Å²) in [7, 11) is 1.37. The minimum Gasteiger partial charge on any atom is -0.870 e. The monoisotopic (exact) mass is 169 g/mol. The fourth-order valence-electron chi connectivity index (χ4n) is 0.851. The minimum absolute atomic E-state index is 0. The highest BCUT2D eigenvalue weighted by atomic mass is 16.5. The van der Waals surface area contributed by atoms with Crippen molar-refractivity contribution < 1.29 is 20.0 Å². The van der Waals surface area contributed by atoms with E-state index in [9.17, 15) is 4.79 Å². The van der Waals surface area contributed by atoms with E-state index in [0.29, 0.717) is 5.56 Å². The Kier molecular flexibility index (Phi) is 3.93. The Bertz CT molecular complexity index is 273.